The van der Waals surface area contributed by atoms with Crippen LogP contribution in [0.3, 0.4) is 0 Å². The van der Waals surface area contributed by atoms with E-state index in [1.165, 1.54) is 22.3 Å². The number of hydrogen-bond donors (Lipinski definition) is 3. The third-order valence-corrected chi connectivity index (χ3v) is 5.18. The van der Waals surface area contributed by atoms with Crippen molar-refractivity contribution in [2.75, 3.05) is 20.2 Å². The highest BCUT2D eigenvalue weighted by molar-refractivity contribution is 5.79. The maximum absolute atomic E-state index is 12.0. The van der Waals surface area contributed by atoms with Crippen LogP contribution < -0.4 is 10.6 Å². The summed E-state index contributed by atoms with van der Waals surface area (Å²) in [6.45, 7) is 0.757. The molecule has 6 heteroatoms. The molecule has 0 saturated heterocycles. The summed E-state index contributed by atoms with van der Waals surface area (Å²) in [6.07, 6.45) is 1.50. The minimum absolute atomic E-state index is 0.0464. The topological polar surface area (TPSA) is 87.7 Å². The summed E-state index contributed by atoms with van der Waals surface area (Å²) < 4.78 is 5.47. The van der Waals surface area contributed by atoms with Crippen molar-refractivity contribution in [1.82, 2.24) is 10.6 Å². The summed E-state index contributed by atoms with van der Waals surface area (Å²) in [7, 11) is 1.63. The van der Waals surface area contributed by atoms with Crippen molar-refractivity contribution >= 4 is 12.1 Å². The molecule has 0 aromatic heterocycles. The highest BCUT2D eigenvalue weighted by Crippen LogP contribution is 2.44. The number of amides is 1. The Labute approximate surface area is 164 Å². The molecule has 0 radical (unpaired) electrons. The van der Waals surface area contributed by atoms with Crippen molar-refractivity contribution in [1.29, 1.82) is 0 Å². The number of benzene rings is 2. The molecular weight excluding hydrogens is 356 g/mol. The monoisotopic (exact) mass is 382 g/mol. The van der Waals surface area contributed by atoms with Gasteiger partial charge in [-0.15, -0.1) is 0 Å². The predicted octanol–water partition coefficient (Wildman–Crippen LogP) is 3.37. The first kappa shape index (κ1) is 19.9. The molecule has 0 heterocycles. The van der Waals surface area contributed by atoms with Crippen LogP contribution in [0.15, 0.2) is 48.5 Å². The Morgan fingerprint density at radius 3 is 2.21 bits per heavy atom. The molecule has 28 heavy (non-hydrogen) atoms. The number of carbonyl (C=O) groups excluding carboxylic acids is 1. The number of unbranched alkanes of at least 4 members (excludes halogenated alkanes) is 1. The fourth-order valence-corrected chi connectivity index (χ4v) is 3.70. The number of aliphatic carboxylic acids is 1. The van der Waals surface area contributed by atoms with E-state index in [1.54, 1.807) is 7.05 Å². The van der Waals surface area contributed by atoms with Gasteiger partial charge in [0.05, 0.1) is 0 Å². The maximum atomic E-state index is 12.0. The van der Waals surface area contributed by atoms with Crippen molar-refractivity contribution in [2.45, 2.75) is 31.2 Å². The second-order valence-electron chi connectivity index (χ2n) is 6.93. The van der Waals surface area contributed by atoms with E-state index >= 15 is 0 Å². The van der Waals surface area contributed by atoms with Crippen molar-refractivity contribution in [2.24, 2.45) is 0 Å². The molecule has 2 aromatic rings. The van der Waals surface area contributed by atoms with Gasteiger partial charge in [-0.1, -0.05) is 48.5 Å². The molecule has 1 amide bonds. The molecule has 0 aliphatic heterocycles. The fourth-order valence-electron chi connectivity index (χ4n) is 3.70. The molecule has 0 fully saturated rings. The number of carboxylic acids is 1. The first-order chi connectivity index (χ1) is 13.6. The quantitative estimate of drug-likeness (QED) is 0.579. The van der Waals surface area contributed by atoms with Crippen LogP contribution in [0.1, 0.15) is 36.3 Å². The molecular formula is C22H26N2O4. The van der Waals surface area contributed by atoms with E-state index in [9.17, 15) is 9.59 Å². The molecule has 2 aromatic carbocycles. The molecule has 6 nitrogen and oxygen atoms in total. The van der Waals surface area contributed by atoms with E-state index in [2.05, 4.69) is 34.9 Å². The summed E-state index contributed by atoms with van der Waals surface area (Å²) in [5, 5.41) is 14.5. The molecule has 148 valence electrons. The molecule has 3 rings (SSSR count). The first-order valence-electron chi connectivity index (χ1n) is 9.60. The lowest BCUT2D eigenvalue weighted by Crippen LogP contribution is -2.34. The summed E-state index contributed by atoms with van der Waals surface area (Å²) in [6, 6.07) is 15.9. The van der Waals surface area contributed by atoms with Crippen LogP contribution >= 0.6 is 0 Å². The number of fused-ring (bicyclic) bond motifs is 3. The summed E-state index contributed by atoms with van der Waals surface area (Å²) >= 11 is 0. The normalized spacial score (nSPS) is 13.5. The Balaban J connectivity index is 1.46. The lowest BCUT2D eigenvalue weighted by atomic mass is 9.98. The van der Waals surface area contributed by atoms with Gasteiger partial charge in [0.2, 0.25) is 0 Å². The fraction of sp³-hybridized carbons (Fsp3) is 0.364. The minimum Gasteiger partial charge on any atom is -0.480 e. The number of nitrogens with one attached hydrogen (secondary N) is 2. The largest absolute Gasteiger partial charge is 0.480 e. The van der Waals surface area contributed by atoms with E-state index in [4.69, 9.17) is 9.84 Å². The summed E-state index contributed by atoms with van der Waals surface area (Å²) in [5.41, 5.74) is 4.76. The van der Waals surface area contributed by atoms with Gasteiger partial charge in [0.25, 0.3) is 0 Å². The molecule has 0 saturated carbocycles. The average molecular weight is 382 g/mol. The van der Waals surface area contributed by atoms with Crippen LogP contribution in [0.25, 0.3) is 11.1 Å². The number of carboxylic acid groups (broad SMARTS) is 1. The van der Waals surface area contributed by atoms with E-state index < -0.39 is 18.1 Å². The predicted molar refractivity (Wildman–Crippen MR) is 107 cm³/mol. The van der Waals surface area contributed by atoms with E-state index in [0.717, 1.165) is 0 Å². The van der Waals surface area contributed by atoms with Crippen LogP contribution in [-0.2, 0) is 9.53 Å². The van der Waals surface area contributed by atoms with Crippen LogP contribution in [0.5, 0.6) is 0 Å². The average Bonchev–Trinajstić information content (AvgIpc) is 3.02. The van der Waals surface area contributed by atoms with E-state index in [-0.39, 0.29) is 5.92 Å². The number of rotatable bonds is 9. The molecule has 1 atom stereocenters. The Morgan fingerprint density at radius 2 is 1.64 bits per heavy atom. The number of ether oxygens (including phenoxy) is 1. The lowest BCUT2D eigenvalue weighted by Gasteiger charge is -2.15. The Hall–Kier alpha value is -2.86. The Kier molecular flexibility index (Phi) is 6.66. The number of likely N-dealkylation sites (N-methyl/N-ethyl adjacent to an activating group) is 1. The van der Waals surface area contributed by atoms with Gasteiger partial charge in [0.1, 0.15) is 12.6 Å². The maximum Gasteiger partial charge on any atom is 0.407 e. The molecule has 0 bridgehead atoms. The van der Waals surface area contributed by atoms with Gasteiger partial charge in [-0.2, -0.15) is 0 Å². The van der Waals surface area contributed by atoms with Gasteiger partial charge in [-0.05, 0) is 48.6 Å². The second-order valence-corrected chi connectivity index (χ2v) is 6.93. The van der Waals surface area contributed by atoms with Gasteiger partial charge in [-0.25, -0.2) is 4.79 Å². The van der Waals surface area contributed by atoms with Crippen molar-refractivity contribution in [3.63, 3.8) is 0 Å². The van der Waals surface area contributed by atoms with Crippen LogP contribution in [0.2, 0.25) is 0 Å². The zero-order valence-electron chi connectivity index (χ0n) is 16.0. The highest BCUT2D eigenvalue weighted by atomic mass is 16.5. The van der Waals surface area contributed by atoms with Gasteiger partial charge in [0, 0.05) is 12.5 Å². The molecule has 3 N–H and O–H groups in total. The van der Waals surface area contributed by atoms with E-state index in [1.807, 2.05) is 24.3 Å². The second kappa shape index (κ2) is 9.37. The zero-order valence-corrected chi connectivity index (χ0v) is 16.0. The highest BCUT2D eigenvalue weighted by Gasteiger charge is 2.28. The van der Waals surface area contributed by atoms with Crippen LogP contribution in [0, 0.1) is 0 Å². The number of hydrogen-bond acceptors (Lipinski definition) is 4. The Bertz CT molecular complexity index is 791. The zero-order chi connectivity index (χ0) is 19.9. The number of alkyl carbamates (subject to hydrolysis) is 1. The lowest BCUT2D eigenvalue weighted by molar-refractivity contribution is -0.139. The SMILES string of the molecule is CNC(CCCCNC(=O)OCC1c2ccccc2-c2ccccc21)C(=O)O. The summed E-state index contributed by atoms with van der Waals surface area (Å²) in [4.78, 5) is 23.0. The molecule has 1 aliphatic carbocycles. The smallest absolute Gasteiger partial charge is 0.407 e. The standard InChI is InChI=1S/C22H26N2O4/c1-23-20(21(25)26)12-6-7-13-24-22(27)28-14-19-17-10-4-2-8-15(17)16-9-3-5-11-18(16)19/h2-5,8-11,19-20,23H,6-7,12-14H2,1H3,(H,24,27)(H,25,26). The minimum atomic E-state index is -0.855. The Morgan fingerprint density at radius 1 is 1.04 bits per heavy atom. The number of carbonyl (C=O) groups is 2. The van der Waals surface area contributed by atoms with Crippen LogP contribution in [-0.4, -0.2) is 43.4 Å². The van der Waals surface area contributed by atoms with Gasteiger partial charge in [-0.3, -0.25) is 4.79 Å². The first-order valence-corrected chi connectivity index (χ1v) is 9.60. The van der Waals surface area contributed by atoms with Gasteiger partial charge < -0.3 is 20.5 Å². The third-order valence-electron chi connectivity index (χ3n) is 5.18. The van der Waals surface area contributed by atoms with Crippen molar-refractivity contribution < 1.29 is 19.4 Å². The molecule has 1 aliphatic rings. The summed E-state index contributed by atoms with van der Waals surface area (Å²) in [5.74, 6) is -0.808. The van der Waals surface area contributed by atoms with Crippen molar-refractivity contribution in [3.8, 4) is 11.1 Å². The van der Waals surface area contributed by atoms with Crippen molar-refractivity contribution in [3.05, 3.63) is 59.7 Å². The van der Waals surface area contributed by atoms with Crippen LogP contribution in [0.4, 0.5) is 4.79 Å². The van der Waals surface area contributed by atoms with E-state index in [0.29, 0.717) is 32.4 Å². The third kappa shape index (κ3) is 4.51. The molecule has 0 spiro atoms. The van der Waals surface area contributed by atoms with Gasteiger partial charge in [0.15, 0.2) is 0 Å². The molecule has 1 unspecified atom stereocenters. The van der Waals surface area contributed by atoms with Gasteiger partial charge >= 0.3 is 12.1 Å².